The lowest BCUT2D eigenvalue weighted by molar-refractivity contribution is -0.136. The molecule has 1 aromatic rings. The maximum Gasteiger partial charge on any atom is 0.304 e. The van der Waals surface area contributed by atoms with Crippen molar-refractivity contribution < 1.29 is 22.8 Å². The van der Waals surface area contributed by atoms with E-state index in [2.05, 4.69) is 5.16 Å². The van der Waals surface area contributed by atoms with E-state index in [0.717, 1.165) is 18.5 Å². The molecule has 0 aromatic carbocycles. The number of sulfone groups is 1. The number of rotatable bonds is 7. The lowest BCUT2D eigenvalue weighted by atomic mass is 10.2. The predicted octanol–water partition coefficient (Wildman–Crippen LogP) is 1.02. The Balaban J connectivity index is 2.59. The van der Waals surface area contributed by atoms with Crippen LogP contribution in [0.2, 0.25) is 0 Å². The molecule has 0 aliphatic rings. The molecule has 0 saturated carbocycles. The molecule has 0 aliphatic carbocycles. The van der Waals surface area contributed by atoms with Crippen LogP contribution in [0.15, 0.2) is 10.6 Å². The summed E-state index contributed by atoms with van der Waals surface area (Å²) in [5.74, 6) is -1.54. The van der Waals surface area contributed by atoms with E-state index in [0.29, 0.717) is 0 Å². The number of aliphatic carboxylic acids is 1. The molecule has 1 heterocycles. The van der Waals surface area contributed by atoms with Gasteiger partial charge in [-0.15, -0.1) is 0 Å². The highest BCUT2D eigenvalue weighted by Crippen LogP contribution is 2.11. The lowest BCUT2D eigenvalue weighted by Gasteiger charge is -1.98. The standard InChI is InChI=1S/C10H15NO5S/c1-2-3-8-6-9(16-11-8)7-17(14,15)5-4-10(12)13/h6H,2-5,7H2,1H3,(H,12,13). The average molecular weight is 261 g/mol. The van der Waals surface area contributed by atoms with Crippen molar-refractivity contribution >= 4 is 15.8 Å². The molecule has 0 unspecified atom stereocenters. The summed E-state index contributed by atoms with van der Waals surface area (Å²) in [5, 5.41) is 12.1. The van der Waals surface area contributed by atoms with Gasteiger partial charge in [-0.3, -0.25) is 4.79 Å². The molecule has 6 nitrogen and oxygen atoms in total. The van der Waals surface area contributed by atoms with Gasteiger partial charge in [0.15, 0.2) is 15.6 Å². The summed E-state index contributed by atoms with van der Waals surface area (Å²) in [6, 6.07) is 1.60. The number of carboxylic acid groups (broad SMARTS) is 1. The SMILES string of the molecule is CCCc1cc(CS(=O)(=O)CCC(=O)O)on1. The second-order valence-corrected chi connectivity index (χ2v) is 5.95. The Hall–Kier alpha value is -1.37. The Morgan fingerprint density at radius 1 is 1.53 bits per heavy atom. The Labute approximate surface area is 99.5 Å². The molecule has 0 fully saturated rings. The molecule has 0 spiro atoms. The van der Waals surface area contributed by atoms with E-state index in [-0.39, 0.29) is 17.3 Å². The first-order valence-electron chi connectivity index (χ1n) is 5.29. The molecule has 0 aliphatic heterocycles. The minimum atomic E-state index is -3.45. The maximum absolute atomic E-state index is 11.5. The highest BCUT2D eigenvalue weighted by atomic mass is 32.2. The molecule has 0 radical (unpaired) electrons. The fourth-order valence-electron chi connectivity index (χ4n) is 1.33. The van der Waals surface area contributed by atoms with Crippen molar-refractivity contribution in [2.24, 2.45) is 0 Å². The Kier molecular flexibility index (Phi) is 4.68. The summed E-state index contributed by atoms with van der Waals surface area (Å²) in [6.45, 7) is 1.98. The fraction of sp³-hybridized carbons (Fsp3) is 0.600. The van der Waals surface area contributed by atoms with Crippen LogP contribution >= 0.6 is 0 Å². The summed E-state index contributed by atoms with van der Waals surface area (Å²) in [7, 11) is -3.45. The second-order valence-electron chi connectivity index (χ2n) is 3.77. The molecule has 0 saturated heterocycles. The third kappa shape index (κ3) is 4.99. The summed E-state index contributed by atoms with van der Waals surface area (Å²) in [5.41, 5.74) is 0.718. The van der Waals surface area contributed by atoms with Gasteiger partial charge in [0.2, 0.25) is 0 Å². The first-order valence-corrected chi connectivity index (χ1v) is 7.12. The van der Waals surface area contributed by atoms with Crippen LogP contribution in [0.3, 0.4) is 0 Å². The van der Waals surface area contributed by atoms with Crippen LogP contribution in [0.4, 0.5) is 0 Å². The molecule has 1 rings (SSSR count). The summed E-state index contributed by atoms with van der Waals surface area (Å²) < 4.78 is 27.9. The highest BCUT2D eigenvalue weighted by Gasteiger charge is 2.17. The number of aryl methyl sites for hydroxylation is 1. The van der Waals surface area contributed by atoms with Crippen molar-refractivity contribution in [3.05, 3.63) is 17.5 Å². The van der Waals surface area contributed by atoms with E-state index in [4.69, 9.17) is 9.63 Å². The Morgan fingerprint density at radius 2 is 2.24 bits per heavy atom. The average Bonchev–Trinajstić information content (AvgIpc) is 2.63. The first kappa shape index (κ1) is 13.7. The molecule has 0 amide bonds. The van der Waals surface area contributed by atoms with E-state index >= 15 is 0 Å². The second kappa shape index (κ2) is 5.81. The molecule has 0 bridgehead atoms. The van der Waals surface area contributed by atoms with Crippen LogP contribution in [0, 0.1) is 0 Å². The molecule has 96 valence electrons. The van der Waals surface area contributed by atoms with Gasteiger partial charge in [0, 0.05) is 6.07 Å². The maximum atomic E-state index is 11.5. The van der Waals surface area contributed by atoms with Crippen molar-refractivity contribution in [1.29, 1.82) is 0 Å². The van der Waals surface area contributed by atoms with Gasteiger partial charge in [-0.1, -0.05) is 18.5 Å². The van der Waals surface area contributed by atoms with Crippen LogP contribution in [0.1, 0.15) is 31.2 Å². The number of aromatic nitrogens is 1. The molecule has 1 aromatic heterocycles. The van der Waals surface area contributed by atoms with Crippen LogP contribution in [-0.2, 0) is 26.8 Å². The smallest absolute Gasteiger partial charge is 0.304 e. The van der Waals surface area contributed by atoms with Crippen molar-refractivity contribution in [2.45, 2.75) is 31.9 Å². The third-order valence-corrected chi connectivity index (χ3v) is 3.65. The third-order valence-electron chi connectivity index (χ3n) is 2.10. The van der Waals surface area contributed by atoms with Crippen LogP contribution in [0.5, 0.6) is 0 Å². The van der Waals surface area contributed by atoms with Crippen molar-refractivity contribution in [1.82, 2.24) is 5.16 Å². The summed E-state index contributed by atoms with van der Waals surface area (Å²) >= 11 is 0. The van der Waals surface area contributed by atoms with Crippen LogP contribution < -0.4 is 0 Å². The van der Waals surface area contributed by atoms with Crippen LogP contribution in [-0.4, -0.2) is 30.4 Å². The largest absolute Gasteiger partial charge is 0.481 e. The molecule has 1 N–H and O–H groups in total. The molecule has 17 heavy (non-hydrogen) atoms. The predicted molar refractivity (Wildman–Crippen MR) is 60.2 cm³/mol. The highest BCUT2D eigenvalue weighted by molar-refractivity contribution is 7.90. The molecule has 0 atom stereocenters. The van der Waals surface area contributed by atoms with Gasteiger partial charge < -0.3 is 9.63 Å². The van der Waals surface area contributed by atoms with E-state index in [1.807, 2.05) is 6.92 Å². The number of carboxylic acids is 1. The normalized spacial score (nSPS) is 11.6. The topological polar surface area (TPSA) is 97.5 Å². The minimum absolute atomic E-state index is 0.263. The van der Waals surface area contributed by atoms with Gasteiger partial charge in [-0.2, -0.15) is 0 Å². The van der Waals surface area contributed by atoms with Gasteiger partial charge in [0.25, 0.3) is 0 Å². The van der Waals surface area contributed by atoms with Gasteiger partial charge in [-0.05, 0) is 6.42 Å². The fourth-order valence-corrected chi connectivity index (χ4v) is 2.53. The monoisotopic (exact) mass is 261 g/mol. The zero-order valence-corrected chi connectivity index (χ0v) is 10.4. The number of carbonyl (C=O) groups is 1. The van der Waals surface area contributed by atoms with Gasteiger partial charge in [-0.25, -0.2) is 8.42 Å². The zero-order chi connectivity index (χ0) is 12.9. The van der Waals surface area contributed by atoms with Gasteiger partial charge in [0.1, 0.15) is 5.75 Å². The molecule has 7 heteroatoms. The number of hydrogen-bond acceptors (Lipinski definition) is 5. The van der Waals surface area contributed by atoms with Crippen molar-refractivity contribution in [3.63, 3.8) is 0 Å². The minimum Gasteiger partial charge on any atom is -0.481 e. The van der Waals surface area contributed by atoms with Gasteiger partial charge in [0.05, 0.1) is 17.9 Å². The zero-order valence-electron chi connectivity index (χ0n) is 9.55. The summed E-state index contributed by atoms with van der Waals surface area (Å²) in [6.07, 6.45) is 1.24. The van der Waals surface area contributed by atoms with Gasteiger partial charge >= 0.3 is 5.97 Å². The van der Waals surface area contributed by atoms with Crippen LogP contribution in [0.25, 0.3) is 0 Å². The summed E-state index contributed by atoms with van der Waals surface area (Å²) in [4.78, 5) is 10.3. The van der Waals surface area contributed by atoms with E-state index in [1.54, 1.807) is 6.07 Å². The number of hydrogen-bond donors (Lipinski definition) is 1. The van der Waals surface area contributed by atoms with E-state index in [1.165, 1.54) is 0 Å². The van der Waals surface area contributed by atoms with Crippen molar-refractivity contribution in [3.8, 4) is 0 Å². The molecular formula is C10H15NO5S. The Morgan fingerprint density at radius 3 is 2.82 bits per heavy atom. The van der Waals surface area contributed by atoms with E-state index in [9.17, 15) is 13.2 Å². The van der Waals surface area contributed by atoms with Crippen molar-refractivity contribution in [2.75, 3.05) is 5.75 Å². The van der Waals surface area contributed by atoms with E-state index < -0.39 is 22.2 Å². The number of nitrogens with zero attached hydrogens (tertiary/aromatic N) is 1. The quantitative estimate of drug-likeness (QED) is 0.786. The molecular weight excluding hydrogens is 246 g/mol. The lowest BCUT2D eigenvalue weighted by Crippen LogP contribution is -2.12. The first-order chi connectivity index (χ1) is 7.93. The Bertz CT molecular complexity index is 477.